The van der Waals surface area contributed by atoms with Crippen molar-refractivity contribution in [3.8, 4) is 0 Å². The SMILES string of the molecule is Cc1ccnc(NC(=O)COC2(C)CNC2)c1. The van der Waals surface area contributed by atoms with Gasteiger partial charge < -0.3 is 15.4 Å². The number of ether oxygens (including phenoxy) is 1. The van der Waals surface area contributed by atoms with E-state index >= 15 is 0 Å². The Balaban J connectivity index is 1.81. The van der Waals surface area contributed by atoms with E-state index in [-0.39, 0.29) is 18.1 Å². The molecule has 17 heavy (non-hydrogen) atoms. The van der Waals surface area contributed by atoms with E-state index in [0.717, 1.165) is 18.7 Å². The molecule has 0 radical (unpaired) electrons. The number of anilines is 1. The highest BCUT2D eigenvalue weighted by atomic mass is 16.5. The molecule has 1 aliphatic rings. The summed E-state index contributed by atoms with van der Waals surface area (Å²) in [6, 6.07) is 3.71. The van der Waals surface area contributed by atoms with Crippen LogP contribution >= 0.6 is 0 Å². The second-order valence-corrected chi connectivity index (χ2v) is 4.61. The van der Waals surface area contributed by atoms with E-state index in [2.05, 4.69) is 15.6 Å². The molecular weight excluding hydrogens is 218 g/mol. The van der Waals surface area contributed by atoms with Gasteiger partial charge in [0.1, 0.15) is 12.4 Å². The van der Waals surface area contributed by atoms with Crippen molar-refractivity contribution in [3.05, 3.63) is 23.9 Å². The van der Waals surface area contributed by atoms with Crippen LogP contribution in [-0.4, -0.2) is 36.2 Å². The zero-order valence-electron chi connectivity index (χ0n) is 10.1. The van der Waals surface area contributed by atoms with Crippen molar-refractivity contribution in [2.75, 3.05) is 25.0 Å². The number of hydrogen-bond donors (Lipinski definition) is 2. The molecule has 1 fully saturated rings. The summed E-state index contributed by atoms with van der Waals surface area (Å²) in [6.07, 6.45) is 1.67. The molecule has 2 heterocycles. The van der Waals surface area contributed by atoms with Crippen LogP contribution in [0.15, 0.2) is 18.3 Å². The number of carbonyl (C=O) groups excluding carboxylic acids is 1. The first kappa shape index (κ1) is 12.0. The Kier molecular flexibility index (Phi) is 3.40. The Labute approximate surface area is 101 Å². The largest absolute Gasteiger partial charge is 0.363 e. The molecular formula is C12H17N3O2. The summed E-state index contributed by atoms with van der Waals surface area (Å²) in [5.74, 6) is 0.395. The lowest BCUT2D eigenvalue weighted by Crippen LogP contribution is -2.59. The van der Waals surface area contributed by atoms with Crippen LogP contribution in [0.1, 0.15) is 12.5 Å². The first-order chi connectivity index (χ1) is 8.07. The molecule has 2 N–H and O–H groups in total. The van der Waals surface area contributed by atoms with Gasteiger partial charge in [0.05, 0.1) is 5.60 Å². The first-order valence-electron chi connectivity index (χ1n) is 5.65. The maximum absolute atomic E-state index is 11.6. The smallest absolute Gasteiger partial charge is 0.251 e. The topological polar surface area (TPSA) is 63.2 Å². The van der Waals surface area contributed by atoms with Crippen LogP contribution in [0.3, 0.4) is 0 Å². The summed E-state index contributed by atoms with van der Waals surface area (Å²) >= 11 is 0. The normalized spacial score (nSPS) is 17.3. The van der Waals surface area contributed by atoms with Gasteiger partial charge in [0.15, 0.2) is 0 Å². The van der Waals surface area contributed by atoms with Crippen molar-refractivity contribution in [2.24, 2.45) is 0 Å². The summed E-state index contributed by atoms with van der Waals surface area (Å²) in [7, 11) is 0. The molecule has 0 atom stereocenters. The van der Waals surface area contributed by atoms with E-state index in [9.17, 15) is 4.79 Å². The molecule has 0 bridgehead atoms. The van der Waals surface area contributed by atoms with Gasteiger partial charge in [0, 0.05) is 19.3 Å². The van der Waals surface area contributed by atoms with E-state index in [1.165, 1.54) is 0 Å². The van der Waals surface area contributed by atoms with E-state index in [1.54, 1.807) is 6.20 Å². The van der Waals surface area contributed by atoms with Crippen molar-refractivity contribution in [2.45, 2.75) is 19.4 Å². The molecule has 1 aromatic rings. The third-order valence-electron chi connectivity index (χ3n) is 2.73. The Hall–Kier alpha value is -1.46. The van der Waals surface area contributed by atoms with Crippen LogP contribution < -0.4 is 10.6 Å². The zero-order valence-corrected chi connectivity index (χ0v) is 10.1. The minimum absolute atomic E-state index is 0.0633. The van der Waals surface area contributed by atoms with Gasteiger partial charge in [0.2, 0.25) is 0 Å². The van der Waals surface area contributed by atoms with Crippen LogP contribution in [0.25, 0.3) is 0 Å². The average Bonchev–Trinajstić information content (AvgIpc) is 2.24. The Bertz CT molecular complexity index is 416. The highest BCUT2D eigenvalue weighted by Gasteiger charge is 2.32. The minimum Gasteiger partial charge on any atom is -0.363 e. The average molecular weight is 235 g/mol. The summed E-state index contributed by atoms with van der Waals surface area (Å²) in [6.45, 7) is 5.59. The quantitative estimate of drug-likeness (QED) is 0.806. The van der Waals surface area contributed by atoms with Crippen molar-refractivity contribution in [3.63, 3.8) is 0 Å². The Morgan fingerprint density at radius 3 is 3.00 bits per heavy atom. The summed E-state index contributed by atoms with van der Waals surface area (Å²) in [5.41, 5.74) is 0.864. The van der Waals surface area contributed by atoms with Gasteiger partial charge in [-0.1, -0.05) is 0 Å². The van der Waals surface area contributed by atoms with Gasteiger partial charge in [-0.15, -0.1) is 0 Å². The second-order valence-electron chi connectivity index (χ2n) is 4.61. The molecule has 5 nitrogen and oxygen atoms in total. The van der Waals surface area contributed by atoms with Crippen molar-refractivity contribution < 1.29 is 9.53 Å². The van der Waals surface area contributed by atoms with Crippen LogP contribution in [0.5, 0.6) is 0 Å². The molecule has 5 heteroatoms. The zero-order chi connectivity index (χ0) is 12.3. The van der Waals surface area contributed by atoms with Gasteiger partial charge in [-0.05, 0) is 31.5 Å². The number of pyridine rings is 1. The van der Waals surface area contributed by atoms with E-state index < -0.39 is 0 Å². The molecule has 1 amide bonds. The number of rotatable bonds is 4. The number of nitrogens with zero attached hydrogens (tertiary/aromatic N) is 1. The predicted molar refractivity (Wildman–Crippen MR) is 64.8 cm³/mol. The van der Waals surface area contributed by atoms with Gasteiger partial charge in [-0.2, -0.15) is 0 Å². The Morgan fingerprint density at radius 2 is 2.41 bits per heavy atom. The van der Waals surface area contributed by atoms with Gasteiger partial charge >= 0.3 is 0 Å². The van der Waals surface area contributed by atoms with Crippen molar-refractivity contribution >= 4 is 11.7 Å². The summed E-state index contributed by atoms with van der Waals surface area (Å²) in [4.78, 5) is 15.7. The highest BCUT2D eigenvalue weighted by Crippen LogP contribution is 2.15. The first-order valence-corrected chi connectivity index (χ1v) is 5.65. The third-order valence-corrected chi connectivity index (χ3v) is 2.73. The lowest BCUT2D eigenvalue weighted by atomic mass is 10.0. The maximum atomic E-state index is 11.6. The molecule has 1 aliphatic heterocycles. The lowest BCUT2D eigenvalue weighted by Gasteiger charge is -2.38. The standard InChI is InChI=1S/C12H17N3O2/c1-9-3-4-14-10(5-9)15-11(16)6-17-12(2)7-13-8-12/h3-5,13H,6-8H2,1-2H3,(H,14,15,16). The molecule has 92 valence electrons. The fourth-order valence-corrected chi connectivity index (χ4v) is 1.60. The number of carbonyl (C=O) groups is 1. The molecule has 1 saturated heterocycles. The molecule has 0 unspecified atom stereocenters. The van der Waals surface area contributed by atoms with Crippen LogP contribution in [-0.2, 0) is 9.53 Å². The van der Waals surface area contributed by atoms with Crippen molar-refractivity contribution in [1.29, 1.82) is 0 Å². The number of nitrogens with one attached hydrogen (secondary N) is 2. The van der Waals surface area contributed by atoms with E-state index in [0.29, 0.717) is 5.82 Å². The van der Waals surface area contributed by atoms with Gasteiger partial charge in [0.25, 0.3) is 5.91 Å². The van der Waals surface area contributed by atoms with E-state index in [1.807, 2.05) is 26.0 Å². The number of aromatic nitrogens is 1. The molecule has 2 rings (SSSR count). The fourth-order valence-electron chi connectivity index (χ4n) is 1.60. The summed E-state index contributed by atoms with van der Waals surface area (Å²) in [5, 5.41) is 5.82. The monoisotopic (exact) mass is 235 g/mol. The molecule has 0 aromatic carbocycles. The van der Waals surface area contributed by atoms with Crippen molar-refractivity contribution in [1.82, 2.24) is 10.3 Å². The highest BCUT2D eigenvalue weighted by molar-refractivity contribution is 5.90. The molecule has 0 aliphatic carbocycles. The molecule has 0 saturated carbocycles. The fraction of sp³-hybridized carbons (Fsp3) is 0.500. The number of hydrogen-bond acceptors (Lipinski definition) is 4. The molecule has 1 aromatic heterocycles. The van der Waals surface area contributed by atoms with Gasteiger partial charge in [-0.3, -0.25) is 4.79 Å². The summed E-state index contributed by atoms with van der Waals surface area (Å²) < 4.78 is 5.53. The van der Waals surface area contributed by atoms with Crippen LogP contribution in [0.2, 0.25) is 0 Å². The second kappa shape index (κ2) is 4.81. The Morgan fingerprint density at radius 1 is 1.65 bits per heavy atom. The third kappa shape index (κ3) is 3.25. The maximum Gasteiger partial charge on any atom is 0.251 e. The van der Waals surface area contributed by atoms with Crippen LogP contribution in [0.4, 0.5) is 5.82 Å². The number of aryl methyl sites for hydroxylation is 1. The lowest BCUT2D eigenvalue weighted by molar-refractivity contribution is -0.130. The van der Waals surface area contributed by atoms with Crippen LogP contribution in [0, 0.1) is 6.92 Å². The number of amides is 1. The predicted octanol–water partition coefficient (Wildman–Crippen LogP) is 0.707. The minimum atomic E-state index is -0.197. The van der Waals surface area contributed by atoms with E-state index in [4.69, 9.17) is 4.74 Å². The van der Waals surface area contributed by atoms with Gasteiger partial charge in [-0.25, -0.2) is 4.98 Å². The molecule has 0 spiro atoms.